The Bertz CT molecular complexity index is 247. The van der Waals surface area contributed by atoms with Crippen LogP contribution in [0.4, 0.5) is 0 Å². The smallest absolute Gasteiger partial charge is 0.216 e. The predicted octanol–water partition coefficient (Wildman–Crippen LogP) is 1.56. The van der Waals surface area contributed by atoms with E-state index in [2.05, 4.69) is 29.4 Å². The number of aromatic nitrogens is 2. The van der Waals surface area contributed by atoms with Gasteiger partial charge in [-0.25, -0.2) is 0 Å². The number of nitrogens with zero attached hydrogens (tertiary/aromatic N) is 2. The Morgan fingerprint density at radius 2 is 1.86 bits per heavy atom. The SMILES string of the molecule is CCCc1nnc(CCCNCC)o1. The number of nitrogens with one attached hydrogen (secondary N) is 1. The van der Waals surface area contributed by atoms with Gasteiger partial charge in [0.2, 0.25) is 11.8 Å². The Morgan fingerprint density at radius 1 is 1.14 bits per heavy atom. The molecule has 0 unspecified atom stereocenters. The molecular formula is C10H19N3O. The van der Waals surface area contributed by atoms with Crippen molar-refractivity contribution in [3.8, 4) is 0 Å². The van der Waals surface area contributed by atoms with E-state index in [0.29, 0.717) is 0 Å². The zero-order valence-corrected chi connectivity index (χ0v) is 9.05. The van der Waals surface area contributed by atoms with Crippen LogP contribution in [0.5, 0.6) is 0 Å². The normalized spacial score (nSPS) is 10.7. The molecular weight excluding hydrogens is 178 g/mol. The zero-order valence-electron chi connectivity index (χ0n) is 9.05. The fourth-order valence-electron chi connectivity index (χ4n) is 1.25. The van der Waals surface area contributed by atoms with Crippen LogP contribution in [0.2, 0.25) is 0 Å². The standard InChI is InChI=1S/C10H19N3O/c1-3-6-9-12-13-10(14-9)7-5-8-11-4-2/h11H,3-8H2,1-2H3. The summed E-state index contributed by atoms with van der Waals surface area (Å²) >= 11 is 0. The second-order valence-corrected chi connectivity index (χ2v) is 3.30. The maximum atomic E-state index is 5.45. The van der Waals surface area contributed by atoms with Crippen LogP contribution in [0.25, 0.3) is 0 Å². The summed E-state index contributed by atoms with van der Waals surface area (Å²) in [4.78, 5) is 0. The molecule has 1 aromatic rings. The minimum absolute atomic E-state index is 0.769. The van der Waals surface area contributed by atoms with Crippen molar-refractivity contribution in [1.82, 2.24) is 15.5 Å². The van der Waals surface area contributed by atoms with E-state index in [-0.39, 0.29) is 0 Å². The van der Waals surface area contributed by atoms with Gasteiger partial charge in [0, 0.05) is 12.8 Å². The van der Waals surface area contributed by atoms with Crippen molar-refractivity contribution in [3.63, 3.8) is 0 Å². The first-order valence-corrected chi connectivity index (χ1v) is 5.38. The lowest BCUT2D eigenvalue weighted by Gasteiger charge is -1.97. The van der Waals surface area contributed by atoms with Gasteiger partial charge in [0.05, 0.1) is 0 Å². The van der Waals surface area contributed by atoms with Crippen LogP contribution >= 0.6 is 0 Å². The number of aryl methyl sites for hydroxylation is 2. The van der Waals surface area contributed by atoms with E-state index >= 15 is 0 Å². The largest absolute Gasteiger partial charge is 0.425 e. The fraction of sp³-hybridized carbons (Fsp3) is 0.800. The molecule has 4 heteroatoms. The molecule has 1 heterocycles. The van der Waals surface area contributed by atoms with Crippen molar-refractivity contribution in [1.29, 1.82) is 0 Å². The molecule has 0 atom stereocenters. The molecule has 1 N–H and O–H groups in total. The highest BCUT2D eigenvalue weighted by Crippen LogP contribution is 2.04. The van der Waals surface area contributed by atoms with Crippen LogP contribution in [-0.4, -0.2) is 23.3 Å². The van der Waals surface area contributed by atoms with Crippen molar-refractivity contribution in [2.75, 3.05) is 13.1 Å². The Balaban J connectivity index is 2.22. The third-order valence-corrected chi connectivity index (χ3v) is 1.97. The second kappa shape index (κ2) is 6.54. The van der Waals surface area contributed by atoms with E-state index in [1.54, 1.807) is 0 Å². The highest BCUT2D eigenvalue weighted by Gasteiger charge is 2.03. The van der Waals surface area contributed by atoms with Crippen molar-refractivity contribution < 1.29 is 4.42 Å². The van der Waals surface area contributed by atoms with E-state index in [9.17, 15) is 0 Å². The molecule has 14 heavy (non-hydrogen) atoms. The molecule has 0 spiro atoms. The Labute approximate surface area is 85.1 Å². The Kier molecular flexibility index (Phi) is 5.22. The summed E-state index contributed by atoms with van der Waals surface area (Å²) in [7, 11) is 0. The van der Waals surface area contributed by atoms with Gasteiger partial charge in [0.15, 0.2) is 0 Å². The molecule has 80 valence electrons. The maximum absolute atomic E-state index is 5.45. The summed E-state index contributed by atoms with van der Waals surface area (Å²) in [6.07, 6.45) is 3.88. The summed E-state index contributed by atoms with van der Waals surface area (Å²) in [6.45, 7) is 6.24. The molecule has 0 saturated heterocycles. The van der Waals surface area contributed by atoms with E-state index in [0.717, 1.165) is 50.6 Å². The molecule has 0 amide bonds. The predicted molar refractivity (Wildman–Crippen MR) is 55.2 cm³/mol. The van der Waals surface area contributed by atoms with Crippen LogP contribution < -0.4 is 5.32 Å². The van der Waals surface area contributed by atoms with Gasteiger partial charge in [-0.2, -0.15) is 0 Å². The molecule has 0 bridgehead atoms. The van der Waals surface area contributed by atoms with Gasteiger partial charge in [-0.3, -0.25) is 0 Å². The third kappa shape index (κ3) is 3.87. The molecule has 0 saturated carbocycles. The molecule has 1 rings (SSSR count). The van der Waals surface area contributed by atoms with E-state index in [1.807, 2.05) is 0 Å². The summed E-state index contributed by atoms with van der Waals surface area (Å²) in [5.41, 5.74) is 0. The minimum atomic E-state index is 0.769. The van der Waals surface area contributed by atoms with Crippen LogP contribution in [0.3, 0.4) is 0 Å². The lowest BCUT2D eigenvalue weighted by molar-refractivity contribution is 0.440. The van der Waals surface area contributed by atoms with Crippen molar-refractivity contribution in [2.24, 2.45) is 0 Å². The Hall–Kier alpha value is -0.900. The lowest BCUT2D eigenvalue weighted by atomic mass is 10.3. The van der Waals surface area contributed by atoms with Gasteiger partial charge in [-0.1, -0.05) is 13.8 Å². The van der Waals surface area contributed by atoms with E-state index in [4.69, 9.17) is 4.42 Å². The average Bonchev–Trinajstić information content (AvgIpc) is 2.61. The first-order valence-electron chi connectivity index (χ1n) is 5.38. The van der Waals surface area contributed by atoms with Crippen LogP contribution in [0.15, 0.2) is 4.42 Å². The minimum Gasteiger partial charge on any atom is -0.425 e. The topological polar surface area (TPSA) is 51.0 Å². The van der Waals surface area contributed by atoms with Gasteiger partial charge < -0.3 is 9.73 Å². The zero-order chi connectivity index (χ0) is 10.2. The van der Waals surface area contributed by atoms with Crippen molar-refractivity contribution in [2.45, 2.75) is 39.5 Å². The van der Waals surface area contributed by atoms with Crippen molar-refractivity contribution in [3.05, 3.63) is 11.8 Å². The van der Waals surface area contributed by atoms with Gasteiger partial charge >= 0.3 is 0 Å². The monoisotopic (exact) mass is 197 g/mol. The summed E-state index contributed by atoms with van der Waals surface area (Å²) in [5.74, 6) is 1.54. The maximum Gasteiger partial charge on any atom is 0.216 e. The quantitative estimate of drug-likeness (QED) is 0.674. The molecule has 0 aliphatic heterocycles. The molecule has 0 fully saturated rings. The molecule has 0 aliphatic carbocycles. The summed E-state index contributed by atoms with van der Waals surface area (Å²) in [6, 6.07) is 0. The summed E-state index contributed by atoms with van der Waals surface area (Å²) in [5, 5.41) is 11.2. The van der Waals surface area contributed by atoms with E-state index in [1.165, 1.54) is 0 Å². The second-order valence-electron chi connectivity index (χ2n) is 3.30. The highest BCUT2D eigenvalue weighted by molar-refractivity contribution is 4.82. The lowest BCUT2D eigenvalue weighted by Crippen LogP contribution is -2.14. The molecule has 0 radical (unpaired) electrons. The number of hydrogen-bond donors (Lipinski definition) is 1. The van der Waals surface area contributed by atoms with Gasteiger partial charge in [-0.15, -0.1) is 10.2 Å². The average molecular weight is 197 g/mol. The fourth-order valence-corrected chi connectivity index (χ4v) is 1.25. The Morgan fingerprint density at radius 3 is 2.50 bits per heavy atom. The van der Waals surface area contributed by atoms with Gasteiger partial charge in [0.1, 0.15) is 0 Å². The van der Waals surface area contributed by atoms with E-state index < -0.39 is 0 Å². The molecule has 0 aliphatic rings. The molecule has 4 nitrogen and oxygen atoms in total. The van der Waals surface area contributed by atoms with Crippen LogP contribution in [0.1, 0.15) is 38.5 Å². The number of rotatable bonds is 7. The van der Waals surface area contributed by atoms with Crippen LogP contribution in [-0.2, 0) is 12.8 Å². The van der Waals surface area contributed by atoms with Crippen molar-refractivity contribution >= 4 is 0 Å². The molecule has 1 aromatic heterocycles. The number of hydrogen-bond acceptors (Lipinski definition) is 4. The summed E-state index contributed by atoms with van der Waals surface area (Å²) < 4.78 is 5.45. The van der Waals surface area contributed by atoms with Gasteiger partial charge in [0.25, 0.3) is 0 Å². The molecule has 0 aromatic carbocycles. The highest BCUT2D eigenvalue weighted by atomic mass is 16.4. The third-order valence-electron chi connectivity index (χ3n) is 1.97. The van der Waals surface area contributed by atoms with Crippen LogP contribution in [0, 0.1) is 0 Å². The first-order chi connectivity index (χ1) is 6.86. The first kappa shape index (κ1) is 11.2. The van der Waals surface area contributed by atoms with Gasteiger partial charge in [-0.05, 0) is 25.9 Å².